The summed E-state index contributed by atoms with van der Waals surface area (Å²) < 4.78 is 13.1. The molecule has 4 rings (SSSR count). The molecule has 0 unspecified atom stereocenters. The molecule has 136 valence electrons. The minimum Gasteiger partial charge on any atom is -0.350 e. The zero-order chi connectivity index (χ0) is 18.0. The number of nitrogens with zero attached hydrogens (tertiary/aromatic N) is 3. The molecule has 1 aliphatic heterocycles. The van der Waals surface area contributed by atoms with Gasteiger partial charge in [-0.3, -0.25) is 4.79 Å². The van der Waals surface area contributed by atoms with E-state index in [0.29, 0.717) is 6.54 Å². The van der Waals surface area contributed by atoms with Crippen LogP contribution < -0.4 is 10.2 Å². The van der Waals surface area contributed by atoms with E-state index in [9.17, 15) is 9.18 Å². The first-order chi connectivity index (χ1) is 12.7. The van der Waals surface area contributed by atoms with Gasteiger partial charge in [-0.1, -0.05) is 12.1 Å². The summed E-state index contributed by atoms with van der Waals surface area (Å²) in [5, 5.41) is 3.00. The van der Waals surface area contributed by atoms with Crippen molar-refractivity contribution >= 4 is 11.9 Å². The fourth-order valence-electron chi connectivity index (χ4n) is 3.61. The maximum absolute atomic E-state index is 13.1. The second-order valence-corrected chi connectivity index (χ2v) is 7.17. The molecule has 1 saturated heterocycles. The zero-order valence-corrected chi connectivity index (χ0v) is 14.7. The molecule has 1 aromatic carbocycles. The van der Waals surface area contributed by atoms with Crippen LogP contribution in [0.15, 0.2) is 36.5 Å². The molecule has 0 radical (unpaired) electrons. The van der Waals surface area contributed by atoms with Gasteiger partial charge in [-0.15, -0.1) is 0 Å². The van der Waals surface area contributed by atoms with Crippen LogP contribution in [0.5, 0.6) is 0 Å². The van der Waals surface area contributed by atoms with E-state index in [1.807, 2.05) is 6.07 Å². The highest BCUT2D eigenvalue weighted by atomic mass is 19.1. The van der Waals surface area contributed by atoms with Gasteiger partial charge in [0.1, 0.15) is 5.82 Å². The lowest BCUT2D eigenvalue weighted by Crippen LogP contribution is -2.35. The standard InChI is InChI=1S/C20H23FN4O/c21-16-6-4-15(5-7-16)20(9-10-20)18(26)23-14-17-8-11-22-19(24-17)25-12-2-1-3-13-25/h4-8,11H,1-3,9-10,12-14H2,(H,23,26). The van der Waals surface area contributed by atoms with Crippen molar-refractivity contribution in [2.45, 2.75) is 44.1 Å². The summed E-state index contributed by atoms with van der Waals surface area (Å²) in [6.07, 6.45) is 6.96. The van der Waals surface area contributed by atoms with Gasteiger partial charge < -0.3 is 10.2 Å². The topological polar surface area (TPSA) is 58.1 Å². The summed E-state index contributed by atoms with van der Waals surface area (Å²) >= 11 is 0. The number of nitrogens with one attached hydrogen (secondary N) is 1. The number of hydrogen-bond donors (Lipinski definition) is 1. The van der Waals surface area contributed by atoms with Gasteiger partial charge in [0, 0.05) is 19.3 Å². The van der Waals surface area contributed by atoms with E-state index in [2.05, 4.69) is 20.2 Å². The fraction of sp³-hybridized carbons (Fsp3) is 0.450. The average Bonchev–Trinajstić information content (AvgIpc) is 3.50. The van der Waals surface area contributed by atoms with Gasteiger partial charge in [0.15, 0.2) is 0 Å². The van der Waals surface area contributed by atoms with Gasteiger partial charge >= 0.3 is 0 Å². The predicted molar refractivity (Wildman–Crippen MR) is 97.3 cm³/mol. The third-order valence-electron chi connectivity index (χ3n) is 5.35. The van der Waals surface area contributed by atoms with E-state index in [1.54, 1.807) is 18.3 Å². The van der Waals surface area contributed by atoms with Gasteiger partial charge in [-0.05, 0) is 55.9 Å². The van der Waals surface area contributed by atoms with Crippen LogP contribution in [0.2, 0.25) is 0 Å². The molecule has 0 bridgehead atoms. The molecule has 2 fully saturated rings. The SMILES string of the molecule is O=C(NCc1ccnc(N2CCCCC2)n1)C1(c2ccc(F)cc2)CC1. The second-order valence-electron chi connectivity index (χ2n) is 7.17. The molecule has 2 heterocycles. The maximum atomic E-state index is 13.1. The molecule has 1 saturated carbocycles. The normalized spacial score (nSPS) is 18.4. The highest BCUT2D eigenvalue weighted by molar-refractivity contribution is 5.91. The lowest BCUT2D eigenvalue weighted by molar-refractivity contribution is -0.123. The number of carbonyl (C=O) groups excluding carboxylic acids is 1. The minimum absolute atomic E-state index is 0.0118. The van der Waals surface area contributed by atoms with Crippen molar-refractivity contribution in [2.24, 2.45) is 0 Å². The maximum Gasteiger partial charge on any atom is 0.230 e. The Hall–Kier alpha value is -2.50. The van der Waals surface area contributed by atoms with E-state index >= 15 is 0 Å². The number of carbonyl (C=O) groups is 1. The van der Waals surface area contributed by atoms with E-state index in [-0.39, 0.29) is 11.7 Å². The molecule has 1 amide bonds. The number of halogens is 1. The number of hydrogen-bond acceptors (Lipinski definition) is 4. The summed E-state index contributed by atoms with van der Waals surface area (Å²) in [7, 11) is 0. The lowest BCUT2D eigenvalue weighted by atomic mass is 9.95. The van der Waals surface area contributed by atoms with E-state index in [1.165, 1.54) is 31.4 Å². The number of piperidine rings is 1. The van der Waals surface area contributed by atoms with Gasteiger partial charge in [0.2, 0.25) is 11.9 Å². The molecule has 0 atom stereocenters. The predicted octanol–water partition coefficient (Wildman–Crippen LogP) is 2.95. The molecule has 26 heavy (non-hydrogen) atoms. The Labute approximate surface area is 152 Å². The molecule has 5 nitrogen and oxygen atoms in total. The number of anilines is 1. The Balaban J connectivity index is 1.41. The van der Waals surface area contributed by atoms with E-state index in [4.69, 9.17) is 0 Å². The lowest BCUT2D eigenvalue weighted by Gasteiger charge is -2.26. The van der Waals surface area contributed by atoms with E-state index in [0.717, 1.165) is 43.1 Å². The van der Waals surface area contributed by atoms with Gasteiger partial charge in [-0.2, -0.15) is 0 Å². The van der Waals surface area contributed by atoms with Crippen LogP contribution in [0.4, 0.5) is 10.3 Å². The summed E-state index contributed by atoms with van der Waals surface area (Å²) in [5.74, 6) is 0.453. The Morgan fingerprint density at radius 3 is 2.54 bits per heavy atom. The minimum atomic E-state index is -0.504. The van der Waals surface area contributed by atoms with Crippen LogP contribution in [0.25, 0.3) is 0 Å². The number of aromatic nitrogens is 2. The average molecular weight is 354 g/mol. The Morgan fingerprint density at radius 1 is 1.12 bits per heavy atom. The second kappa shape index (κ2) is 7.02. The Bertz CT molecular complexity index is 783. The molecule has 2 aliphatic rings. The monoisotopic (exact) mass is 354 g/mol. The van der Waals surface area contributed by atoms with Crippen LogP contribution in [-0.2, 0) is 16.8 Å². The van der Waals surface area contributed by atoms with Crippen molar-refractivity contribution < 1.29 is 9.18 Å². The first-order valence-electron chi connectivity index (χ1n) is 9.29. The molecule has 0 spiro atoms. The third kappa shape index (κ3) is 3.41. The summed E-state index contributed by atoms with van der Waals surface area (Å²) in [6.45, 7) is 2.36. The molecule has 2 aromatic rings. The van der Waals surface area contributed by atoms with Crippen LogP contribution in [-0.4, -0.2) is 29.0 Å². The van der Waals surface area contributed by atoms with Crippen LogP contribution in [0, 0.1) is 5.82 Å². The molecular formula is C20H23FN4O. The number of amides is 1. The van der Waals surface area contributed by atoms with Gasteiger partial charge in [0.05, 0.1) is 17.7 Å². The van der Waals surface area contributed by atoms with Crippen molar-refractivity contribution in [2.75, 3.05) is 18.0 Å². The smallest absolute Gasteiger partial charge is 0.230 e. The largest absolute Gasteiger partial charge is 0.350 e. The summed E-state index contributed by atoms with van der Waals surface area (Å²) in [6, 6.07) is 8.09. The molecule has 6 heteroatoms. The van der Waals surface area contributed by atoms with Crippen molar-refractivity contribution in [3.8, 4) is 0 Å². The van der Waals surface area contributed by atoms with Crippen LogP contribution >= 0.6 is 0 Å². The molecule has 1 N–H and O–H groups in total. The molecule has 1 aromatic heterocycles. The first kappa shape index (κ1) is 16.9. The zero-order valence-electron chi connectivity index (χ0n) is 14.7. The van der Waals surface area contributed by atoms with Crippen LogP contribution in [0.1, 0.15) is 43.4 Å². The molecule has 1 aliphatic carbocycles. The Kier molecular flexibility index (Phi) is 4.57. The fourth-order valence-corrected chi connectivity index (χ4v) is 3.61. The highest BCUT2D eigenvalue weighted by Crippen LogP contribution is 2.48. The summed E-state index contributed by atoms with van der Waals surface area (Å²) in [5.41, 5.74) is 1.19. The summed E-state index contributed by atoms with van der Waals surface area (Å²) in [4.78, 5) is 23.9. The van der Waals surface area contributed by atoms with Crippen molar-refractivity contribution in [1.29, 1.82) is 0 Å². The third-order valence-corrected chi connectivity index (χ3v) is 5.35. The molecular weight excluding hydrogens is 331 g/mol. The van der Waals surface area contributed by atoms with Crippen molar-refractivity contribution in [3.05, 3.63) is 53.6 Å². The first-order valence-corrected chi connectivity index (χ1v) is 9.29. The Morgan fingerprint density at radius 2 is 1.85 bits per heavy atom. The van der Waals surface area contributed by atoms with Gasteiger partial charge in [0.25, 0.3) is 0 Å². The van der Waals surface area contributed by atoms with Gasteiger partial charge in [-0.25, -0.2) is 14.4 Å². The highest BCUT2D eigenvalue weighted by Gasteiger charge is 2.51. The van der Waals surface area contributed by atoms with Crippen molar-refractivity contribution in [3.63, 3.8) is 0 Å². The quantitative estimate of drug-likeness (QED) is 0.897. The van der Waals surface area contributed by atoms with Crippen molar-refractivity contribution in [1.82, 2.24) is 15.3 Å². The number of rotatable bonds is 5. The van der Waals surface area contributed by atoms with E-state index < -0.39 is 5.41 Å². The van der Waals surface area contributed by atoms with Crippen LogP contribution in [0.3, 0.4) is 0 Å². The number of benzene rings is 1.